The van der Waals surface area contributed by atoms with Gasteiger partial charge in [0.15, 0.2) is 0 Å². The van der Waals surface area contributed by atoms with Gasteiger partial charge in [-0.1, -0.05) is 54.6 Å². The van der Waals surface area contributed by atoms with Crippen molar-refractivity contribution < 1.29 is 13.0 Å². The molecule has 3 aromatic carbocycles. The predicted molar refractivity (Wildman–Crippen MR) is 112 cm³/mol. The predicted octanol–water partition coefficient (Wildman–Crippen LogP) is 5.15. The van der Waals surface area contributed by atoms with Crippen LogP contribution in [0.15, 0.2) is 94.1 Å². The number of hydrogen-bond acceptors (Lipinski definition) is 6. The van der Waals surface area contributed by atoms with E-state index in [0.717, 1.165) is 11.3 Å². The van der Waals surface area contributed by atoms with Crippen LogP contribution in [0.5, 0.6) is 0 Å². The molecular formula is C21H16N4O3S. The normalized spacial score (nSPS) is 11.9. The molecule has 0 aliphatic carbocycles. The summed E-state index contributed by atoms with van der Waals surface area (Å²) in [5, 5.41) is 8.98. The molecule has 0 amide bonds. The van der Waals surface area contributed by atoms with E-state index in [4.69, 9.17) is 5.73 Å². The Morgan fingerprint density at radius 3 is 2.21 bits per heavy atom. The molecule has 4 rings (SSSR count). The highest BCUT2D eigenvalue weighted by Gasteiger charge is 2.18. The van der Waals surface area contributed by atoms with E-state index < -0.39 is 10.1 Å². The van der Waals surface area contributed by atoms with Gasteiger partial charge in [-0.25, -0.2) is 0 Å². The van der Waals surface area contributed by atoms with Crippen LogP contribution in [0.2, 0.25) is 0 Å². The van der Waals surface area contributed by atoms with Crippen LogP contribution in [0.25, 0.3) is 22.0 Å². The fraction of sp³-hybridized carbons (Fsp3) is 0. The standard InChI is InChI=1S/C21H16N4O3S/c22-21-17-9-5-4-8-16(17)20(29(26,27)28)12-19(21)25-24-15-10-11-18(23-13-15)14-6-2-1-3-7-14/h1-13H,22H2,(H,26,27,28). The molecule has 0 saturated heterocycles. The van der Waals surface area contributed by atoms with E-state index in [9.17, 15) is 13.0 Å². The lowest BCUT2D eigenvalue weighted by Gasteiger charge is -2.09. The number of nitrogens with zero attached hydrogens (tertiary/aromatic N) is 3. The first-order chi connectivity index (χ1) is 13.9. The average Bonchev–Trinajstić information content (AvgIpc) is 2.73. The molecule has 1 heterocycles. The van der Waals surface area contributed by atoms with Crippen molar-refractivity contribution in [2.45, 2.75) is 4.90 Å². The number of anilines is 1. The van der Waals surface area contributed by atoms with Crippen molar-refractivity contribution >= 4 is 38.0 Å². The first kappa shape index (κ1) is 18.7. The Bertz CT molecular complexity index is 1320. The number of aromatic nitrogens is 1. The van der Waals surface area contributed by atoms with Gasteiger partial charge in [-0.2, -0.15) is 8.42 Å². The Hall–Kier alpha value is -3.62. The van der Waals surface area contributed by atoms with Crippen molar-refractivity contribution in [3.05, 3.63) is 79.0 Å². The summed E-state index contributed by atoms with van der Waals surface area (Å²) in [6.07, 6.45) is 1.56. The highest BCUT2D eigenvalue weighted by molar-refractivity contribution is 7.86. The maximum Gasteiger partial charge on any atom is 0.295 e. The van der Waals surface area contributed by atoms with E-state index in [0.29, 0.717) is 16.5 Å². The maximum absolute atomic E-state index is 11.8. The molecule has 8 heteroatoms. The fourth-order valence-corrected chi connectivity index (χ4v) is 3.70. The fourth-order valence-electron chi connectivity index (χ4n) is 2.98. The molecule has 0 bridgehead atoms. The molecule has 0 unspecified atom stereocenters. The number of fused-ring (bicyclic) bond motifs is 1. The minimum absolute atomic E-state index is 0.142. The molecule has 7 nitrogen and oxygen atoms in total. The van der Waals surface area contributed by atoms with Gasteiger partial charge in [-0.05, 0) is 18.2 Å². The topological polar surface area (TPSA) is 118 Å². The molecule has 0 radical (unpaired) electrons. The highest BCUT2D eigenvalue weighted by atomic mass is 32.2. The largest absolute Gasteiger partial charge is 0.396 e. The lowest BCUT2D eigenvalue weighted by Crippen LogP contribution is -2.01. The van der Waals surface area contributed by atoms with Gasteiger partial charge in [0.1, 0.15) is 16.3 Å². The molecule has 0 fully saturated rings. The Balaban J connectivity index is 1.72. The molecule has 0 atom stereocenters. The number of rotatable bonds is 4. The minimum Gasteiger partial charge on any atom is -0.396 e. The van der Waals surface area contributed by atoms with Gasteiger partial charge in [0, 0.05) is 16.3 Å². The van der Waals surface area contributed by atoms with E-state index in [-0.39, 0.29) is 16.3 Å². The summed E-state index contributed by atoms with van der Waals surface area (Å²) in [4.78, 5) is 4.10. The Morgan fingerprint density at radius 1 is 0.862 bits per heavy atom. The summed E-state index contributed by atoms with van der Waals surface area (Å²) in [6.45, 7) is 0. The van der Waals surface area contributed by atoms with Crippen molar-refractivity contribution in [1.29, 1.82) is 0 Å². The second kappa shape index (κ2) is 7.42. The zero-order chi connectivity index (χ0) is 20.4. The van der Waals surface area contributed by atoms with Crippen LogP contribution in [0, 0.1) is 0 Å². The van der Waals surface area contributed by atoms with Gasteiger partial charge in [-0.15, -0.1) is 10.2 Å². The lowest BCUT2D eigenvalue weighted by molar-refractivity contribution is 0.484. The van der Waals surface area contributed by atoms with Gasteiger partial charge in [0.2, 0.25) is 0 Å². The second-order valence-electron chi connectivity index (χ2n) is 6.30. The number of nitrogen functional groups attached to an aromatic ring is 1. The minimum atomic E-state index is -4.46. The molecule has 3 N–H and O–H groups in total. The first-order valence-electron chi connectivity index (χ1n) is 8.65. The van der Waals surface area contributed by atoms with Gasteiger partial charge < -0.3 is 5.73 Å². The van der Waals surface area contributed by atoms with E-state index in [1.165, 1.54) is 6.07 Å². The first-order valence-corrected chi connectivity index (χ1v) is 10.1. The Kier molecular flexibility index (Phi) is 4.79. The lowest BCUT2D eigenvalue weighted by atomic mass is 10.1. The summed E-state index contributed by atoms with van der Waals surface area (Å²) >= 11 is 0. The van der Waals surface area contributed by atoms with Gasteiger partial charge in [0.25, 0.3) is 10.1 Å². The zero-order valence-electron chi connectivity index (χ0n) is 15.1. The van der Waals surface area contributed by atoms with Crippen LogP contribution >= 0.6 is 0 Å². The van der Waals surface area contributed by atoms with E-state index in [1.54, 1.807) is 36.5 Å². The number of nitrogens with two attached hydrogens (primary N) is 1. The Morgan fingerprint density at radius 2 is 1.55 bits per heavy atom. The number of benzene rings is 3. The van der Waals surface area contributed by atoms with Crippen molar-refractivity contribution in [3.8, 4) is 11.3 Å². The van der Waals surface area contributed by atoms with Crippen molar-refractivity contribution in [1.82, 2.24) is 4.98 Å². The third-order valence-corrected chi connectivity index (χ3v) is 5.29. The van der Waals surface area contributed by atoms with Gasteiger partial charge >= 0.3 is 0 Å². The highest BCUT2D eigenvalue weighted by Crippen LogP contribution is 2.36. The SMILES string of the molecule is Nc1c(N=Nc2ccc(-c3ccccc3)nc2)cc(S(=O)(=O)O)c2ccccc12. The number of azo groups is 1. The third-order valence-electron chi connectivity index (χ3n) is 4.39. The molecule has 29 heavy (non-hydrogen) atoms. The van der Waals surface area contributed by atoms with E-state index in [1.807, 2.05) is 36.4 Å². The van der Waals surface area contributed by atoms with Crippen LogP contribution in [-0.2, 0) is 10.1 Å². The summed E-state index contributed by atoms with van der Waals surface area (Å²) in [7, 11) is -4.46. The van der Waals surface area contributed by atoms with Crippen LogP contribution in [0.1, 0.15) is 0 Å². The van der Waals surface area contributed by atoms with Gasteiger partial charge in [-0.3, -0.25) is 9.54 Å². The van der Waals surface area contributed by atoms with Crippen molar-refractivity contribution in [3.63, 3.8) is 0 Å². The van der Waals surface area contributed by atoms with Crippen LogP contribution in [-0.4, -0.2) is 18.0 Å². The molecule has 0 aliphatic heterocycles. The molecule has 1 aromatic heterocycles. The summed E-state index contributed by atoms with van der Waals surface area (Å²) in [5.74, 6) is 0. The molecule has 0 aliphatic rings. The van der Waals surface area contributed by atoms with Crippen LogP contribution in [0.4, 0.5) is 17.1 Å². The van der Waals surface area contributed by atoms with Gasteiger partial charge in [0.05, 0.1) is 17.6 Å². The van der Waals surface area contributed by atoms with Crippen molar-refractivity contribution in [2.75, 3.05) is 5.73 Å². The number of hydrogen-bond donors (Lipinski definition) is 2. The maximum atomic E-state index is 11.8. The summed E-state index contributed by atoms with van der Waals surface area (Å²) in [5.41, 5.74) is 8.81. The molecule has 144 valence electrons. The molecular weight excluding hydrogens is 388 g/mol. The van der Waals surface area contributed by atoms with Crippen molar-refractivity contribution in [2.24, 2.45) is 10.2 Å². The summed E-state index contributed by atoms with van der Waals surface area (Å²) < 4.78 is 33.2. The monoisotopic (exact) mass is 404 g/mol. The smallest absolute Gasteiger partial charge is 0.295 e. The summed E-state index contributed by atoms with van der Waals surface area (Å²) in [6, 6.07) is 21.1. The third kappa shape index (κ3) is 3.84. The van der Waals surface area contributed by atoms with E-state index in [2.05, 4.69) is 15.2 Å². The number of pyridine rings is 1. The zero-order valence-corrected chi connectivity index (χ0v) is 15.9. The van der Waals surface area contributed by atoms with Crippen LogP contribution in [0.3, 0.4) is 0 Å². The average molecular weight is 404 g/mol. The molecule has 0 spiro atoms. The quantitative estimate of drug-likeness (QED) is 0.277. The molecule has 4 aromatic rings. The van der Waals surface area contributed by atoms with E-state index >= 15 is 0 Å². The van der Waals surface area contributed by atoms with Crippen LogP contribution < -0.4 is 5.73 Å². The molecule has 0 saturated carbocycles. The Labute approximate surface area is 167 Å². The second-order valence-corrected chi connectivity index (χ2v) is 7.69.